The molecule has 27 heteroatoms. The molecule has 0 spiro atoms. The number of aromatic hydroxyl groups is 2. The molecule has 488 valence electrons. The second kappa shape index (κ2) is 43.5. The largest absolute Gasteiger partial charge is 2.00 e. The van der Waals surface area contributed by atoms with Crippen molar-refractivity contribution >= 4 is 224 Å². The first-order chi connectivity index (χ1) is 42.2. The van der Waals surface area contributed by atoms with Gasteiger partial charge in [0, 0.05) is 132 Å². The second-order valence-electron chi connectivity index (χ2n) is 19.4. The molecule has 8 aromatic rings. The van der Waals surface area contributed by atoms with Crippen molar-refractivity contribution in [2.24, 2.45) is 0 Å². The Morgan fingerprint density at radius 1 is 0.554 bits per heavy atom. The van der Waals surface area contributed by atoms with E-state index in [0.717, 1.165) is 85.9 Å². The van der Waals surface area contributed by atoms with Crippen LogP contribution in [0.5, 0.6) is 34.5 Å². The van der Waals surface area contributed by atoms with Gasteiger partial charge in [-0.1, -0.05) is 133 Å². The molecule has 4 N–H and O–H groups in total. The molecule has 0 aromatic heterocycles. The summed E-state index contributed by atoms with van der Waals surface area (Å²) in [7, 11) is 12.5. The Bertz CT molecular complexity index is 3820. The second-order valence-corrected chi connectivity index (χ2v) is 29.5. The van der Waals surface area contributed by atoms with E-state index in [1.165, 1.54) is 18.9 Å². The average Bonchev–Trinajstić information content (AvgIpc) is 1.25. The van der Waals surface area contributed by atoms with Crippen molar-refractivity contribution in [2.45, 2.75) is 47.5 Å². The van der Waals surface area contributed by atoms with E-state index in [1.54, 1.807) is 110 Å². The zero-order valence-electron chi connectivity index (χ0n) is 54.1. The Labute approximate surface area is 640 Å². The summed E-state index contributed by atoms with van der Waals surface area (Å²) < 4.78 is 50.2. The Morgan fingerprint density at radius 2 is 0.924 bits per heavy atom. The van der Waals surface area contributed by atoms with Gasteiger partial charge in [0.15, 0.2) is 17.3 Å². The summed E-state index contributed by atoms with van der Waals surface area (Å²) in [5, 5.41) is 32.8. The van der Waals surface area contributed by atoms with E-state index in [4.69, 9.17) is 51.3 Å². The first kappa shape index (κ1) is 89.3. The van der Waals surface area contributed by atoms with Gasteiger partial charge in [-0.15, -0.1) is 22.0 Å². The maximum atomic E-state index is 11.7. The predicted octanol–water partition coefficient (Wildman–Crippen LogP) is 14.9. The first-order valence-corrected chi connectivity index (χ1v) is 42.3. The van der Waals surface area contributed by atoms with Crippen LogP contribution in [0.1, 0.15) is 87.7 Å². The number of carbonyl (C=O) groups excluding carboxylic acids is 4. The van der Waals surface area contributed by atoms with Gasteiger partial charge in [-0.25, -0.2) is 9.47 Å². The van der Waals surface area contributed by atoms with Crippen LogP contribution in [-0.4, -0.2) is 167 Å². The number of aryl methyl sites for hydroxylation is 1. The van der Waals surface area contributed by atoms with E-state index >= 15 is 0 Å². The monoisotopic (exact) mass is 1830 g/mol. The van der Waals surface area contributed by atoms with Crippen molar-refractivity contribution in [3.63, 3.8) is 0 Å². The standard InChI is InChI=1S/C13H13BrO2.C13H13O2.C11H9BrO2.C11H7BrO2.C11H8O2.C4H8O.C2H8O4S.Br2.BrH.2ClH.2Mg.Sn.2H/c1-8-11(14)13(16-3)10-7-5-4-6-9(10)12(8)15-2;1-9-8-12(14-2)10-6-4-5-7-11(10)13(9)15-3;2*1-6-9(12)11(14)8-5-3-2-4-7(8)10(6)13;1-7-6-10(12)8-4-2-3-5-9(8)11(7)13;1-2-4-5-3-1;1-7(2,4,5)6-3;1-2;;;;;;;;/h4-7H,1-3H3;4-7H,1-3H3;2-5,13-14H,1H3;2-5H,1H3;2-6H,1H3;1-4H2;3H,1-2H3,(H,4,5);;3*1H;;;;;/q;-1;;;;;;;;;;3*+2;2*-1/p-3. The van der Waals surface area contributed by atoms with Crippen LogP contribution >= 0.6 is 93.9 Å². The van der Waals surface area contributed by atoms with Crippen molar-refractivity contribution in [3.8, 4) is 34.5 Å². The summed E-state index contributed by atoms with van der Waals surface area (Å²) in [6.07, 6.45) is 5.75. The van der Waals surface area contributed by atoms with Crippen LogP contribution in [0.2, 0.25) is 0 Å². The fraction of sp³-hybridized carbons (Fsp3) is 0.231. The third-order valence-electron chi connectivity index (χ3n) is 13.0. The summed E-state index contributed by atoms with van der Waals surface area (Å²) >= 11 is 14.6. The Kier molecular flexibility index (Phi) is 42.3. The summed E-state index contributed by atoms with van der Waals surface area (Å²) in [6.45, 7) is 11.0. The number of rotatable bonds is 5. The zero-order chi connectivity index (χ0) is 66.9. The van der Waals surface area contributed by atoms with Gasteiger partial charge in [0.2, 0.25) is 5.78 Å². The molecule has 1 saturated heterocycles. The number of phenolic OH excluding ortho intramolecular Hbond substituents is 2. The quantitative estimate of drug-likeness (QED) is 0.0414. The minimum absolute atomic E-state index is 0. The van der Waals surface area contributed by atoms with Gasteiger partial charge >= 0.3 is 82.8 Å². The van der Waals surface area contributed by atoms with Gasteiger partial charge in [0.05, 0.1) is 41.9 Å². The molecule has 0 saturated carbocycles. The maximum Gasteiger partial charge on any atom is 2.00 e. The van der Waals surface area contributed by atoms with Gasteiger partial charge in [-0.2, -0.15) is 0 Å². The van der Waals surface area contributed by atoms with Crippen LogP contribution in [0.3, 0.4) is 0 Å². The summed E-state index contributed by atoms with van der Waals surface area (Å²) in [5.74, 6) is 3.46. The van der Waals surface area contributed by atoms with E-state index in [9.17, 15) is 33.6 Å². The van der Waals surface area contributed by atoms with Crippen molar-refractivity contribution < 1.29 is 91.3 Å². The summed E-state index contributed by atoms with van der Waals surface area (Å²) in [6, 6.07) is 40.2. The number of halogens is 8. The topological polar surface area (TPSA) is 222 Å². The van der Waals surface area contributed by atoms with Crippen LogP contribution in [0, 0.1) is 26.8 Å². The van der Waals surface area contributed by atoms with Gasteiger partial charge in [-0.05, 0) is 94.4 Å². The number of carbonyl (C=O) groups is 4. The van der Waals surface area contributed by atoms with Crippen molar-refractivity contribution in [1.29, 1.82) is 0 Å². The summed E-state index contributed by atoms with van der Waals surface area (Å²) in [5.41, 5.74) is 5.68. The molecule has 2 radical (unpaired) electrons. The number of ether oxygens (including phenoxy) is 5. The summed E-state index contributed by atoms with van der Waals surface area (Å²) in [4.78, 5) is 46.4. The number of hydrogen-bond acceptors (Lipinski definition) is 14. The third-order valence-corrected chi connectivity index (χ3v) is 16.3. The number of benzene rings is 8. The molecule has 1 fully saturated rings. The normalized spacial score (nSPS) is 12.7. The average molecular weight is 1840 g/mol. The molecule has 3 aliphatic rings. The number of fused-ring (bicyclic) bond motifs is 5. The Balaban J connectivity index is -0.00000102. The Hall–Kier alpha value is -2.72. The van der Waals surface area contributed by atoms with E-state index in [-0.39, 0.29) is 101 Å². The smallest absolute Gasteiger partial charge is 1.00 e. The van der Waals surface area contributed by atoms with E-state index < -0.39 is 28.5 Å². The first-order valence-electron chi connectivity index (χ1n) is 26.4. The Morgan fingerprint density at radius 3 is 1.34 bits per heavy atom. The van der Waals surface area contributed by atoms with Gasteiger partial charge in [0.25, 0.3) is 0 Å². The van der Waals surface area contributed by atoms with Crippen LogP contribution in [-0.2, 0) is 18.7 Å². The molecule has 2 aliphatic carbocycles. The molecule has 0 bridgehead atoms. The van der Waals surface area contributed by atoms with Crippen molar-refractivity contribution in [1.82, 2.24) is 0 Å². The maximum absolute atomic E-state index is 11.7. The molecule has 11 rings (SSSR count). The van der Waals surface area contributed by atoms with E-state index in [0.29, 0.717) is 58.7 Å². The molecule has 15 nitrogen and oxygen atoms in total. The number of methoxy groups -OCH3 is 4. The van der Waals surface area contributed by atoms with E-state index in [2.05, 4.69) is 86.4 Å². The molecule has 1 heterocycles. The zero-order valence-corrected chi connectivity index (χ0v) is 69.6. The molecule has 8 aromatic carbocycles. The number of Topliss-reactive ketones (excluding diaryl/α,β-unsaturated/α-hetero) is 3. The SMILES string of the molecule is BrBr.C1CCOC1.CC1=C(Br)C(=O)c2ccccc2C1=O.CC1=CC(=O)c2ccccc2C1=O.COc1[c-]c(C)c(OC)c2ccccc12.COc1c(C)c(Br)c(OC)c2ccccc12.CS(C)(=O)(O)OO.Cc1c(Br)c(O)c2ccccc2c1O.[Br-].[Cl][Sn][Cl].[H-].[H-].[Mg+2].[Mg+2]. The van der Waals surface area contributed by atoms with Gasteiger partial charge in [0.1, 0.15) is 32.6 Å². The fourth-order valence-electron chi connectivity index (χ4n) is 8.66. The molecule has 0 unspecified atom stereocenters. The number of allylic oxidation sites excluding steroid dienone is 4. The minimum atomic E-state index is -4.06. The van der Waals surface area contributed by atoms with Crippen molar-refractivity contribution in [2.75, 3.05) is 54.2 Å². The molecular weight excluding hydrogens is 1770 g/mol. The van der Waals surface area contributed by atoms with Crippen LogP contribution < -0.4 is 35.9 Å². The molecule has 0 atom stereocenters. The van der Waals surface area contributed by atoms with Crippen LogP contribution in [0.25, 0.3) is 32.3 Å². The molecule has 92 heavy (non-hydrogen) atoms. The molecule has 0 amide bonds. The fourth-order valence-corrected chi connectivity index (χ4v) is 10.0. The predicted molar refractivity (Wildman–Crippen MR) is 391 cm³/mol. The number of hydrogen-bond donors (Lipinski definition) is 4. The molecular formula is C65H68Br6Cl2Mg2O15SSn. The van der Waals surface area contributed by atoms with Crippen LogP contribution in [0.15, 0.2) is 152 Å². The van der Waals surface area contributed by atoms with Crippen molar-refractivity contribution in [3.05, 3.63) is 197 Å². The van der Waals surface area contributed by atoms with Crippen LogP contribution in [0.4, 0.5) is 0 Å². The molecule has 1 aliphatic heterocycles. The number of phenols is 2. The third kappa shape index (κ3) is 25.0. The minimum Gasteiger partial charge on any atom is -1.00 e. The van der Waals surface area contributed by atoms with Gasteiger partial charge < -0.3 is 58.3 Å². The number of ketones is 4. The van der Waals surface area contributed by atoms with Gasteiger partial charge in [-0.3, -0.25) is 19.2 Å². The van der Waals surface area contributed by atoms with E-state index in [1.807, 2.05) is 74.5 Å².